The van der Waals surface area contributed by atoms with Crippen molar-refractivity contribution in [3.8, 4) is 0 Å². The second kappa shape index (κ2) is 6.50. The largest absolute Gasteiger partial charge is 0.367 e. The molecule has 27 heavy (non-hydrogen) atoms. The van der Waals surface area contributed by atoms with Crippen molar-refractivity contribution >= 4 is 17.6 Å². The number of carbonyl (C=O) groups excluding carboxylic acids is 2. The van der Waals surface area contributed by atoms with Crippen LogP contribution in [0.1, 0.15) is 68.1 Å². The molecule has 144 valence electrons. The van der Waals surface area contributed by atoms with Gasteiger partial charge in [0.2, 0.25) is 5.91 Å². The number of nitrogens with one attached hydrogen (secondary N) is 3. The molecule has 1 heterocycles. The number of anilines is 1. The zero-order valence-electron chi connectivity index (χ0n) is 15.7. The lowest BCUT2D eigenvalue weighted by molar-refractivity contribution is -0.130. The van der Waals surface area contributed by atoms with Crippen LogP contribution in [0, 0.1) is 23.2 Å². The van der Waals surface area contributed by atoms with Gasteiger partial charge >= 0.3 is 0 Å². The predicted molar refractivity (Wildman–Crippen MR) is 102 cm³/mol. The topological polar surface area (TPSA) is 83.1 Å². The SMILES string of the molecule is O=C(CC12CC3CC(CC(C3)C1)C2)NNC(=O)c1ccnc(NC2CC2)c1. The molecule has 2 amide bonds. The van der Waals surface area contributed by atoms with Crippen LogP contribution in [0.2, 0.25) is 0 Å². The summed E-state index contributed by atoms with van der Waals surface area (Å²) in [6.07, 6.45) is 12.2. The Bertz CT molecular complexity index is 723. The summed E-state index contributed by atoms with van der Waals surface area (Å²) >= 11 is 0. The van der Waals surface area contributed by atoms with E-state index in [2.05, 4.69) is 21.2 Å². The van der Waals surface area contributed by atoms with Gasteiger partial charge in [-0.2, -0.15) is 0 Å². The minimum Gasteiger partial charge on any atom is -0.367 e. The van der Waals surface area contributed by atoms with Crippen molar-refractivity contribution in [2.24, 2.45) is 23.2 Å². The van der Waals surface area contributed by atoms with Crippen molar-refractivity contribution in [1.82, 2.24) is 15.8 Å². The molecule has 0 spiro atoms. The van der Waals surface area contributed by atoms with Gasteiger partial charge < -0.3 is 5.32 Å². The van der Waals surface area contributed by atoms with Gasteiger partial charge in [0.05, 0.1) is 0 Å². The number of rotatable bonds is 5. The summed E-state index contributed by atoms with van der Waals surface area (Å²) in [7, 11) is 0. The normalized spacial score (nSPS) is 33.6. The van der Waals surface area contributed by atoms with Crippen molar-refractivity contribution < 1.29 is 9.59 Å². The Kier molecular flexibility index (Phi) is 4.10. The average Bonchev–Trinajstić information content (AvgIpc) is 3.42. The maximum Gasteiger partial charge on any atom is 0.269 e. The van der Waals surface area contributed by atoms with E-state index in [1.165, 1.54) is 38.5 Å². The van der Waals surface area contributed by atoms with Gasteiger partial charge in [-0.05, 0) is 86.7 Å². The summed E-state index contributed by atoms with van der Waals surface area (Å²) in [6, 6.07) is 3.88. The van der Waals surface area contributed by atoms with Gasteiger partial charge in [-0.1, -0.05) is 0 Å². The third-order valence-electron chi connectivity index (χ3n) is 6.97. The molecule has 0 aliphatic heterocycles. The fourth-order valence-corrected chi connectivity index (χ4v) is 6.18. The van der Waals surface area contributed by atoms with Gasteiger partial charge in [0.1, 0.15) is 5.82 Å². The summed E-state index contributed by atoms with van der Waals surface area (Å²) in [5.41, 5.74) is 5.92. The van der Waals surface area contributed by atoms with Crippen LogP contribution in [-0.2, 0) is 4.79 Å². The summed E-state index contributed by atoms with van der Waals surface area (Å²) < 4.78 is 0. The third kappa shape index (κ3) is 3.66. The molecule has 0 unspecified atom stereocenters. The molecule has 3 N–H and O–H groups in total. The van der Waals surface area contributed by atoms with E-state index in [4.69, 9.17) is 0 Å². The number of hydrazine groups is 1. The van der Waals surface area contributed by atoms with Gasteiger partial charge in [0, 0.05) is 24.2 Å². The van der Waals surface area contributed by atoms with E-state index in [0.29, 0.717) is 23.8 Å². The van der Waals surface area contributed by atoms with Gasteiger partial charge in [0.25, 0.3) is 5.91 Å². The zero-order chi connectivity index (χ0) is 18.4. The third-order valence-corrected chi connectivity index (χ3v) is 6.97. The molecular formula is C21H28N4O2. The highest BCUT2D eigenvalue weighted by molar-refractivity contribution is 5.95. The monoisotopic (exact) mass is 368 g/mol. The first kappa shape index (κ1) is 17.0. The van der Waals surface area contributed by atoms with Crippen LogP contribution in [0.15, 0.2) is 18.3 Å². The molecule has 0 aromatic carbocycles. The molecule has 1 aromatic rings. The maximum absolute atomic E-state index is 12.5. The fraction of sp³-hybridized carbons (Fsp3) is 0.667. The maximum atomic E-state index is 12.5. The molecule has 5 aliphatic rings. The Balaban J connectivity index is 1.15. The smallest absolute Gasteiger partial charge is 0.269 e. The summed E-state index contributed by atoms with van der Waals surface area (Å²) in [6.45, 7) is 0. The summed E-state index contributed by atoms with van der Waals surface area (Å²) in [5.74, 6) is 2.84. The Morgan fingerprint density at radius 1 is 1.04 bits per heavy atom. The van der Waals surface area contributed by atoms with Crippen LogP contribution >= 0.6 is 0 Å². The molecule has 5 fully saturated rings. The van der Waals surface area contributed by atoms with Crippen LogP contribution in [0.5, 0.6) is 0 Å². The van der Waals surface area contributed by atoms with Crippen LogP contribution in [0.3, 0.4) is 0 Å². The number of hydrogen-bond donors (Lipinski definition) is 3. The molecular weight excluding hydrogens is 340 g/mol. The lowest BCUT2D eigenvalue weighted by Crippen LogP contribution is -2.50. The molecule has 5 saturated carbocycles. The van der Waals surface area contributed by atoms with Gasteiger partial charge in [-0.15, -0.1) is 0 Å². The minimum atomic E-state index is -0.296. The number of aromatic nitrogens is 1. The number of hydrogen-bond acceptors (Lipinski definition) is 4. The molecule has 1 aromatic heterocycles. The average molecular weight is 368 g/mol. The molecule has 0 saturated heterocycles. The van der Waals surface area contributed by atoms with Crippen LogP contribution < -0.4 is 16.2 Å². The first-order chi connectivity index (χ1) is 13.1. The van der Waals surface area contributed by atoms with Gasteiger partial charge in [-0.25, -0.2) is 4.98 Å². The number of pyridine rings is 1. The van der Waals surface area contributed by atoms with Crippen molar-refractivity contribution in [2.45, 2.75) is 63.8 Å². The fourth-order valence-electron chi connectivity index (χ4n) is 6.18. The van der Waals surface area contributed by atoms with E-state index >= 15 is 0 Å². The van der Waals surface area contributed by atoms with Crippen LogP contribution in [0.25, 0.3) is 0 Å². The van der Waals surface area contributed by atoms with Crippen LogP contribution in [-0.4, -0.2) is 22.8 Å². The Hall–Kier alpha value is -2.11. The summed E-state index contributed by atoms with van der Waals surface area (Å²) in [4.78, 5) is 29.2. The molecule has 0 radical (unpaired) electrons. The second-order valence-electron chi connectivity index (χ2n) is 9.45. The molecule has 6 nitrogen and oxygen atoms in total. The molecule has 0 atom stereocenters. The number of amides is 2. The zero-order valence-corrected chi connectivity index (χ0v) is 15.7. The standard InChI is InChI=1S/C21H28N4O2/c26-19(12-21-9-13-5-14(10-21)7-15(6-13)11-21)24-25-20(27)16-3-4-22-18(8-16)23-17-1-2-17/h3-4,8,13-15,17H,1-2,5-7,9-12H2,(H,22,23)(H,24,26)(H,25,27). The molecule has 6 rings (SSSR count). The summed E-state index contributed by atoms with van der Waals surface area (Å²) in [5, 5.41) is 3.28. The highest BCUT2D eigenvalue weighted by Crippen LogP contribution is 2.61. The number of nitrogens with zero attached hydrogens (tertiary/aromatic N) is 1. The van der Waals surface area contributed by atoms with E-state index in [0.717, 1.165) is 30.6 Å². The van der Waals surface area contributed by atoms with E-state index < -0.39 is 0 Å². The van der Waals surface area contributed by atoms with Crippen molar-refractivity contribution in [3.05, 3.63) is 23.9 Å². The van der Waals surface area contributed by atoms with E-state index in [9.17, 15) is 9.59 Å². The molecule has 4 bridgehead atoms. The van der Waals surface area contributed by atoms with Crippen molar-refractivity contribution in [3.63, 3.8) is 0 Å². The molecule has 6 heteroatoms. The van der Waals surface area contributed by atoms with Gasteiger partial charge in [-0.3, -0.25) is 20.4 Å². The Morgan fingerprint density at radius 3 is 2.33 bits per heavy atom. The first-order valence-corrected chi connectivity index (χ1v) is 10.4. The predicted octanol–water partition coefficient (Wildman–Crippen LogP) is 3.02. The van der Waals surface area contributed by atoms with Gasteiger partial charge in [0.15, 0.2) is 0 Å². The lowest BCUT2D eigenvalue weighted by atomic mass is 9.49. The minimum absolute atomic E-state index is 0.0596. The van der Waals surface area contributed by atoms with Crippen molar-refractivity contribution in [2.75, 3.05) is 5.32 Å². The number of carbonyl (C=O) groups is 2. The second-order valence-corrected chi connectivity index (χ2v) is 9.45. The Morgan fingerprint density at radius 2 is 1.70 bits per heavy atom. The van der Waals surface area contributed by atoms with E-state index in [-0.39, 0.29) is 17.2 Å². The lowest BCUT2D eigenvalue weighted by Gasteiger charge is -2.56. The highest BCUT2D eigenvalue weighted by atomic mass is 16.2. The van der Waals surface area contributed by atoms with E-state index in [1.807, 2.05) is 0 Å². The molecule has 5 aliphatic carbocycles. The van der Waals surface area contributed by atoms with Crippen molar-refractivity contribution in [1.29, 1.82) is 0 Å². The first-order valence-electron chi connectivity index (χ1n) is 10.4. The van der Waals surface area contributed by atoms with Crippen LogP contribution in [0.4, 0.5) is 5.82 Å². The Labute approximate surface area is 159 Å². The van der Waals surface area contributed by atoms with E-state index in [1.54, 1.807) is 18.3 Å². The highest BCUT2D eigenvalue weighted by Gasteiger charge is 2.51. The quantitative estimate of drug-likeness (QED) is 0.698.